The van der Waals surface area contributed by atoms with Crippen LogP contribution >= 0.6 is 23.4 Å². The van der Waals surface area contributed by atoms with Gasteiger partial charge in [-0.3, -0.25) is 9.59 Å². The number of hydrogen-bond acceptors (Lipinski definition) is 4. The molecule has 0 aliphatic heterocycles. The van der Waals surface area contributed by atoms with E-state index < -0.39 is 5.25 Å². The van der Waals surface area contributed by atoms with Gasteiger partial charge in [0.05, 0.1) is 16.2 Å². The van der Waals surface area contributed by atoms with E-state index in [1.54, 1.807) is 37.3 Å². The number of nitrogens with zero attached hydrogens (tertiary/aromatic N) is 1. The molecule has 5 nitrogen and oxygen atoms in total. The van der Waals surface area contributed by atoms with Crippen molar-refractivity contribution in [1.82, 2.24) is 9.97 Å². The van der Waals surface area contributed by atoms with Crippen molar-refractivity contribution in [3.8, 4) is 0 Å². The van der Waals surface area contributed by atoms with E-state index in [-0.39, 0.29) is 11.5 Å². The van der Waals surface area contributed by atoms with Crippen LogP contribution < -0.4 is 10.9 Å². The highest BCUT2D eigenvalue weighted by Gasteiger charge is 2.17. The Kier molecular flexibility index (Phi) is 5.11. The highest BCUT2D eigenvalue weighted by Crippen LogP contribution is 2.23. The third-order valence-corrected chi connectivity index (χ3v) is 5.08. The van der Waals surface area contributed by atoms with E-state index in [2.05, 4.69) is 15.3 Å². The van der Waals surface area contributed by atoms with Crippen molar-refractivity contribution in [3.05, 3.63) is 63.4 Å². The summed E-state index contributed by atoms with van der Waals surface area (Å²) >= 11 is 7.27. The second-order valence-corrected chi connectivity index (χ2v) is 7.34. The van der Waals surface area contributed by atoms with Crippen molar-refractivity contribution < 1.29 is 4.79 Å². The molecular weight excluding hydrogens is 358 g/mol. The van der Waals surface area contributed by atoms with Crippen LogP contribution in [0.1, 0.15) is 12.5 Å². The lowest BCUT2D eigenvalue weighted by molar-refractivity contribution is -0.115. The first-order valence-corrected chi connectivity index (χ1v) is 8.92. The minimum atomic E-state index is -0.440. The number of hydrogen-bond donors (Lipinski definition) is 2. The predicted octanol–water partition coefficient (Wildman–Crippen LogP) is 4.00. The van der Waals surface area contributed by atoms with Gasteiger partial charge in [0, 0.05) is 10.7 Å². The first-order chi connectivity index (χ1) is 11.9. The Bertz CT molecular complexity index is 1000. The van der Waals surface area contributed by atoms with Gasteiger partial charge in [0.15, 0.2) is 5.16 Å². The molecule has 1 unspecified atom stereocenters. The highest BCUT2D eigenvalue weighted by atomic mass is 35.5. The number of nitrogens with one attached hydrogen (secondary N) is 2. The highest BCUT2D eigenvalue weighted by molar-refractivity contribution is 8.00. The molecule has 3 aromatic rings. The number of carbonyl (C=O) groups is 1. The summed E-state index contributed by atoms with van der Waals surface area (Å²) in [4.78, 5) is 31.6. The number of anilines is 1. The second kappa shape index (κ2) is 7.29. The number of halogens is 1. The Morgan fingerprint density at radius 1 is 1.28 bits per heavy atom. The van der Waals surface area contributed by atoms with Crippen LogP contribution in [0.15, 0.2) is 52.4 Å². The monoisotopic (exact) mass is 373 g/mol. The topological polar surface area (TPSA) is 74.8 Å². The molecule has 0 bridgehead atoms. The predicted molar refractivity (Wildman–Crippen MR) is 103 cm³/mol. The molecule has 25 heavy (non-hydrogen) atoms. The van der Waals surface area contributed by atoms with Crippen LogP contribution in [0.5, 0.6) is 0 Å². The molecule has 2 N–H and O–H groups in total. The SMILES string of the molecule is Cc1ccc(NC(=O)C(C)Sc2nc3ccccc3c(=O)[nH]2)cc1Cl. The molecule has 7 heteroatoms. The number of H-pyrrole nitrogens is 1. The molecule has 0 saturated heterocycles. The van der Waals surface area contributed by atoms with Gasteiger partial charge in [0.2, 0.25) is 5.91 Å². The van der Waals surface area contributed by atoms with Gasteiger partial charge in [-0.1, -0.05) is 41.6 Å². The lowest BCUT2D eigenvalue weighted by atomic mass is 10.2. The third kappa shape index (κ3) is 4.03. The van der Waals surface area contributed by atoms with Crippen molar-refractivity contribution >= 4 is 45.9 Å². The van der Waals surface area contributed by atoms with E-state index in [4.69, 9.17) is 11.6 Å². The zero-order chi connectivity index (χ0) is 18.0. The Morgan fingerprint density at radius 3 is 2.80 bits per heavy atom. The maximum atomic E-state index is 12.4. The summed E-state index contributed by atoms with van der Waals surface area (Å²) < 4.78 is 0. The number of aromatic amines is 1. The Morgan fingerprint density at radius 2 is 2.04 bits per heavy atom. The molecule has 0 spiro atoms. The minimum absolute atomic E-state index is 0.194. The van der Waals surface area contributed by atoms with Gasteiger partial charge in [-0.2, -0.15) is 0 Å². The largest absolute Gasteiger partial charge is 0.325 e. The molecular formula is C18H16ClN3O2S. The summed E-state index contributed by atoms with van der Waals surface area (Å²) in [5.41, 5.74) is 1.96. The number of para-hydroxylation sites is 1. The van der Waals surface area contributed by atoms with E-state index >= 15 is 0 Å². The van der Waals surface area contributed by atoms with Crippen molar-refractivity contribution in [2.24, 2.45) is 0 Å². The van der Waals surface area contributed by atoms with Gasteiger partial charge in [-0.05, 0) is 43.7 Å². The summed E-state index contributed by atoms with van der Waals surface area (Å²) in [5, 5.41) is 3.91. The summed E-state index contributed by atoms with van der Waals surface area (Å²) in [6.07, 6.45) is 0. The van der Waals surface area contributed by atoms with Crippen molar-refractivity contribution in [2.75, 3.05) is 5.32 Å². The number of benzene rings is 2. The normalized spacial score (nSPS) is 12.1. The molecule has 128 valence electrons. The number of aryl methyl sites for hydroxylation is 1. The Hall–Kier alpha value is -2.31. The fourth-order valence-electron chi connectivity index (χ4n) is 2.26. The summed E-state index contributed by atoms with van der Waals surface area (Å²) in [7, 11) is 0. The fourth-order valence-corrected chi connectivity index (χ4v) is 3.24. The third-order valence-electron chi connectivity index (χ3n) is 3.69. The number of thioether (sulfide) groups is 1. The van der Waals surface area contributed by atoms with E-state index in [9.17, 15) is 9.59 Å². The molecule has 1 heterocycles. The van der Waals surface area contributed by atoms with Gasteiger partial charge in [0.25, 0.3) is 5.56 Å². The molecule has 1 aromatic heterocycles. The molecule has 1 amide bonds. The van der Waals surface area contributed by atoms with E-state index in [1.807, 2.05) is 19.1 Å². The molecule has 0 aliphatic rings. The van der Waals surface area contributed by atoms with Gasteiger partial charge >= 0.3 is 0 Å². The molecule has 0 fully saturated rings. The first kappa shape index (κ1) is 17.5. The molecule has 1 atom stereocenters. The Balaban J connectivity index is 1.75. The van der Waals surface area contributed by atoms with Gasteiger partial charge in [-0.25, -0.2) is 4.98 Å². The maximum Gasteiger partial charge on any atom is 0.259 e. The van der Waals surface area contributed by atoms with Crippen molar-refractivity contribution in [2.45, 2.75) is 24.3 Å². The van der Waals surface area contributed by atoms with Gasteiger partial charge in [0.1, 0.15) is 0 Å². The van der Waals surface area contributed by atoms with Crippen molar-refractivity contribution in [1.29, 1.82) is 0 Å². The van der Waals surface area contributed by atoms with Crippen molar-refractivity contribution in [3.63, 3.8) is 0 Å². The van der Waals surface area contributed by atoms with Crippen LogP contribution in [-0.4, -0.2) is 21.1 Å². The smallest absolute Gasteiger partial charge is 0.259 e. The maximum absolute atomic E-state index is 12.4. The molecule has 0 aliphatic carbocycles. The van der Waals surface area contributed by atoms with Crippen LogP contribution in [-0.2, 0) is 4.79 Å². The summed E-state index contributed by atoms with van der Waals surface area (Å²) in [6.45, 7) is 3.65. The number of rotatable bonds is 4. The standard InChI is InChI=1S/C18H16ClN3O2S/c1-10-7-8-12(9-14(10)19)20-16(23)11(2)25-18-21-15-6-4-3-5-13(15)17(24)22-18/h3-9,11H,1-2H3,(H,20,23)(H,21,22,24). The van der Waals surface area contributed by atoms with Crippen LogP contribution in [0.3, 0.4) is 0 Å². The van der Waals surface area contributed by atoms with E-state index in [0.717, 1.165) is 5.56 Å². The van der Waals surface area contributed by atoms with Crippen LogP contribution in [0, 0.1) is 6.92 Å². The molecule has 0 radical (unpaired) electrons. The Labute approximate surface area is 153 Å². The molecule has 0 saturated carbocycles. The number of aromatic nitrogens is 2. The average molecular weight is 374 g/mol. The number of amides is 1. The zero-order valence-electron chi connectivity index (χ0n) is 13.7. The van der Waals surface area contributed by atoms with Gasteiger partial charge < -0.3 is 10.3 Å². The van der Waals surface area contributed by atoms with Crippen LogP contribution in [0.4, 0.5) is 5.69 Å². The van der Waals surface area contributed by atoms with E-state index in [0.29, 0.717) is 26.8 Å². The lowest BCUT2D eigenvalue weighted by Gasteiger charge is -2.12. The zero-order valence-corrected chi connectivity index (χ0v) is 15.2. The number of carbonyl (C=O) groups excluding carboxylic acids is 1. The fraction of sp³-hybridized carbons (Fsp3) is 0.167. The average Bonchev–Trinajstić information content (AvgIpc) is 2.58. The summed E-state index contributed by atoms with van der Waals surface area (Å²) in [6, 6.07) is 12.4. The van der Waals surface area contributed by atoms with Gasteiger partial charge in [-0.15, -0.1) is 0 Å². The number of fused-ring (bicyclic) bond motifs is 1. The minimum Gasteiger partial charge on any atom is -0.325 e. The first-order valence-electron chi connectivity index (χ1n) is 7.67. The van der Waals surface area contributed by atoms with E-state index in [1.165, 1.54) is 11.8 Å². The molecule has 3 rings (SSSR count). The lowest BCUT2D eigenvalue weighted by Crippen LogP contribution is -2.23. The quantitative estimate of drug-likeness (QED) is 0.535. The second-order valence-electron chi connectivity index (χ2n) is 5.60. The summed E-state index contributed by atoms with van der Waals surface area (Å²) in [5.74, 6) is -0.194. The van der Waals surface area contributed by atoms with Crippen LogP contribution in [0.2, 0.25) is 5.02 Å². The van der Waals surface area contributed by atoms with Crippen LogP contribution in [0.25, 0.3) is 10.9 Å². The molecule has 2 aromatic carbocycles.